The van der Waals surface area contributed by atoms with E-state index in [1.165, 1.54) is 19.3 Å². The molecule has 1 aliphatic carbocycles. The molecule has 1 atom stereocenters. The van der Waals surface area contributed by atoms with Crippen molar-refractivity contribution in [2.45, 2.75) is 30.5 Å². The Hall–Kier alpha value is -0.0500. The van der Waals surface area contributed by atoms with Gasteiger partial charge in [-0.25, -0.2) is 0 Å². The van der Waals surface area contributed by atoms with Crippen molar-refractivity contribution in [1.29, 1.82) is 0 Å². The van der Waals surface area contributed by atoms with Gasteiger partial charge in [0.2, 0.25) is 5.91 Å². The molecule has 3 heteroatoms. The summed E-state index contributed by atoms with van der Waals surface area (Å²) in [7, 11) is 0. The van der Waals surface area contributed by atoms with Gasteiger partial charge in [0.05, 0.1) is 4.83 Å². The van der Waals surface area contributed by atoms with Crippen LogP contribution in [-0.4, -0.2) is 28.7 Å². The Balaban J connectivity index is 1.76. The largest absolute Gasteiger partial charge is 0.342 e. The van der Waals surface area contributed by atoms with Gasteiger partial charge < -0.3 is 4.90 Å². The van der Waals surface area contributed by atoms with E-state index >= 15 is 0 Å². The lowest BCUT2D eigenvalue weighted by atomic mass is 10.3. The van der Waals surface area contributed by atoms with E-state index in [-0.39, 0.29) is 4.83 Å². The molecule has 2 fully saturated rings. The summed E-state index contributed by atoms with van der Waals surface area (Å²) in [6.07, 6.45) is 4.99. The van der Waals surface area contributed by atoms with Crippen LogP contribution < -0.4 is 0 Å². The van der Waals surface area contributed by atoms with Gasteiger partial charge in [0.25, 0.3) is 0 Å². The van der Waals surface area contributed by atoms with Crippen molar-refractivity contribution in [1.82, 2.24) is 4.90 Å². The Morgan fingerprint density at radius 2 is 2.17 bits per heavy atom. The number of rotatable bonds is 3. The van der Waals surface area contributed by atoms with Crippen molar-refractivity contribution in [3.63, 3.8) is 0 Å². The minimum atomic E-state index is 0.108. The van der Waals surface area contributed by atoms with Crippen LogP contribution >= 0.6 is 15.9 Å². The Bertz CT molecular complexity index is 191. The second kappa shape index (κ2) is 3.36. The summed E-state index contributed by atoms with van der Waals surface area (Å²) in [4.78, 5) is 13.5. The van der Waals surface area contributed by atoms with Crippen LogP contribution in [0.4, 0.5) is 0 Å². The zero-order chi connectivity index (χ0) is 8.55. The van der Waals surface area contributed by atoms with E-state index in [2.05, 4.69) is 15.9 Å². The van der Waals surface area contributed by atoms with E-state index in [1.54, 1.807) is 0 Å². The van der Waals surface area contributed by atoms with Crippen LogP contribution in [0.2, 0.25) is 0 Å². The van der Waals surface area contributed by atoms with Gasteiger partial charge in [-0.1, -0.05) is 28.8 Å². The standard InChI is InChI=1S/C9H14BrNO/c10-8-4-6-11(9(8)12)5-3-7-1-2-7/h7-8H,1-6H2. The van der Waals surface area contributed by atoms with Crippen LogP contribution in [0.15, 0.2) is 0 Å². The number of carbonyl (C=O) groups is 1. The maximum absolute atomic E-state index is 11.4. The van der Waals surface area contributed by atoms with Gasteiger partial charge in [-0.05, 0) is 18.8 Å². The lowest BCUT2D eigenvalue weighted by Gasteiger charge is -2.14. The van der Waals surface area contributed by atoms with Crippen LogP contribution in [0.5, 0.6) is 0 Å². The van der Waals surface area contributed by atoms with Crippen LogP contribution in [0.25, 0.3) is 0 Å². The first-order valence-corrected chi connectivity index (χ1v) is 5.62. The van der Waals surface area contributed by atoms with Crippen molar-refractivity contribution in [2.24, 2.45) is 5.92 Å². The number of halogens is 1. The normalized spacial score (nSPS) is 29.9. The van der Waals surface area contributed by atoms with Gasteiger partial charge in [0, 0.05) is 13.1 Å². The van der Waals surface area contributed by atoms with Crippen molar-refractivity contribution < 1.29 is 4.79 Å². The molecule has 2 nitrogen and oxygen atoms in total. The van der Waals surface area contributed by atoms with Crippen LogP contribution in [0.1, 0.15) is 25.7 Å². The van der Waals surface area contributed by atoms with E-state index in [1.807, 2.05) is 4.90 Å². The molecule has 1 saturated carbocycles. The molecule has 1 amide bonds. The summed E-state index contributed by atoms with van der Waals surface area (Å²) in [5, 5.41) is 0. The molecule has 2 rings (SSSR count). The second-order valence-corrected chi connectivity index (χ2v) is 4.92. The molecular weight excluding hydrogens is 218 g/mol. The number of carbonyl (C=O) groups excluding carboxylic acids is 1. The van der Waals surface area contributed by atoms with Crippen LogP contribution in [0.3, 0.4) is 0 Å². The molecule has 2 aliphatic rings. The molecule has 1 aliphatic heterocycles. The first-order chi connectivity index (χ1) is 5.77. The minimum absolute atomic E-state index is 0.108. The molecule has 0 N–H and O–H groups in total. The van der Waals surface area contributed by atoms with E-state index in [9.17, 15) is 4.79 Å². The lowest BCUT2D eigenvalue weighted by Crippen LogP contribution is -2.28. The highest BCUT2D eigenvalue weighted by atomic mass is 79.9. The third-order valence-corrected chi connectivity index (χ3v) is 3.59. The highest BCUT2D eigenvalue weighted by molar-refractivity contribution is 9.10. The van der Waals surface area contributed by atoms with Crippen LogP contribution in [-0.2, 0) is 4.79 Å². The summed E-state index contributed by atoms with van der Waals surface area (Å²) in [6.45, 7) is 1.95. The van der Waals surface area contributed by atoms with Gasteiger partial charge in [-0.2, -0.15) is 0 Å². The fourth-order valence-corrected chi connectivity index (χ4v) is 2.16. The molecule has 0 aromatic rings. The van der Waals surface area contributed by atoms with Gasteiger partial charge in [-0.15, -0.1) is 0 Å². The number of likely N-dealkylation sites (tertiary alicyclic amines) is 1. The topological polar surface area (TPSA) is 20.3 Å². The third-order valence-electron chi connectivity index (χ3n) is 2.74. The maximum atomic E-state index is 11.4. The highest BCUT2D eigenvalue weighted by Crippen LogP contribution is 2.33. The molecule has 0 radical (unpaired) electrons. The van der Waals surface area contributed by atoms with Gasteiger partial charge >= 0.3 is 0 Å². The van der Waals surface area contributed by atoms with Crippen molar-refractivity contribution in [3.05, 3.63) is 0 Å². The molecule has 12 heavy (non-hydrogen) atoms. The Morgan fingerprint density at radius 3 is 2.67 bits per heavy atom. The van der Waals surface area contributed by atoms with Gasteiger partial charge in [0.15, 0.2) is 0 Å². The number of hydrogen-bond acceptors (Lipinski definition) is 1. The zero-order valence-corrected chi connectivity index (χ0v) is 8.72. The summed E-state index contributed by atoms with van der Waals surface area (Å²) in [5.41, 5.74) is 0. The van der Waals surface area contributed by atoms with Crippen molar-refractivity contribution in [3.8, 4) is 0 Å². The number of nitrogens with zero attached hydrogens (tertiary/aromatic N) is 1. The average molecular weight is 232 g/mol. The molecule has 1 unspecified atom stereocenters. The molecular formula is C9H14BrNO. The maximum Gasteiger partial charge on any atom is 0.236 e. The Labute approximate surface area is 81.4 Å². The quantitative estimate of drug-likeness (QED) is 0.679. The molecule has 1 saturated heterocycles. The number of amides is 1. The number of alkyl halides is 1. The first kappa shape index (κ1) is 8.54. The van der Waals surface area contributed by atoms with E-state index in [4.69, 9.17) is 0 Å². The lowest BCUT2D eigenvalue weighted by molar-refractivity contribution is -0.127. The fourth-order valence-electron chi connectivity index (χ4n) is 1.67. The monoisotopic (exact) mass is 231 g/mol. The smallest absolute Gasteiger partial charge is 0.236 e. The molecule has 0 aromatic carbocycles. The summed E-state index contributed by atoms with van der Waals surface area (Å²) < 4.78 is 0. The second-order valence-electron chi connectivity index (χ2n) is 3.81. The Kier molecular flexibility index (Phi) is 2.40. The summed E-state index contributed by atoms with van der Waals surface area (Å²) >= 11 is 3.38. The van der Waals surface area contributed by atoms with Gasteiger partial charge in [-0.3, -0.25) is 4.79 Å². The third kappa shape index (κ3) is 1.82. The van der Waals surface area contributed by atoms with E-state index in [0.29, 0.717) is 5.91 Å². The minimum Gasteiger partial charge on any atom is -0.342 e. The highest BCUT2D eigenvalue weighted by Gasteiger charge is 2.30. The molecule has 0 bridgehead atoms. The zero-order valence-electron chi connectivity index (χ0n) is 7.13. The first-order valence-electron chi connectivity index (χ1n) is 4.70. The molecule has 0 spiro atoms. The summed E-state index contributed by atoms with van der Waals surface area (Å²) in [5.74, 6) is 1.24. The molecule has 1 heterocycles. The number of hydrogen-bond donors (Lipinski definition) is 0. The van der Waals surface area contributed by atoms with Crippen molar-refractivity contribution >= 4 is 21.8 Å². The SMILES string of the molecule is O=C1C(Br)CCN1CCC1CC1. The van der Waals surface area contributed by atoms with E-state index in [0.717, 1.165) is 25.4 Å². The average Bonchev–Trinajstić information content (AvgIpc) is 2.82. The van der Waals surface area contributed by atoms with E-state index < -0.39 is 0 Å². The fraction of sp³-hybridized carbons (Fsp3) is 0.889. The molecule has 68 valence electrons. The molecule has 0 aromatic heterocycles. The van der Waals surface area contributed by atoms with Crippen molar-refractivity contribution in [2.75, 3.05) is 13.1 Å². The summed E-state index contributed by atoms with van der Waals surface area (Å²) in [6, 6.07) is 0. The van der Waals surface area contributed by atoms with Crippen LogP contribution in [0, 0.1) is 5.92 Å². The predicted octanol–water partition coefficient (Wildman–Crippen LogP) is 1.78. The Morgan fingerprint density at radius 1 is 1.42 bits per heavy atom. The predicted molar refractivity (Wildman–Crippen MR) is 51.3 cm³/mol. The van der Waals surface area contributed by atoms with Gasteiger partial charge in [0.1, 0.15) is 0 Å².